The smallest absolute Gasteiger partial charge is 0.305 e. The topological polar surface area (TPSA) is 99.1 Å². The molecule has 1 aliphatic carbocycles. The van der Waals surface area contributed by atoms with Crippen molar-refractivity contribution in [3.63, 3.8) is 0 Å². The van der Waals surface area contributed by atoms with Gasteiger partial charge in [0.25, 0.3) is 0 Å². The van der Waals surface area contributed by atoms with E-state index in [0.29, 0.717) is 30.1 Å². The van der Waals surface area contributed by atoms with Crippen LogP contribution in [0.5, 0.6) is 0 Å². The summed E-state index contributed by atoms with van der Waals surface area (Å²) in [6.07, 6.45) is 13.2. The third-order valence-corrected chi connectivity index (χ3v) is 5.51. The molecule has 1 rings (SSSR count). The lowest BCUT2D eigenvalue weighted by molar-refractivity contribution is -0.162. The lowest BCUT2D eigenvalue weighted by Crippen LogP contribution is -2.35. The molecule has 0 aromatic rings. The molecule has 0 aliphatic heterocycles. The van der Waals surface area contributed by atoms with Gasteiger partial charge in [-0.15, -0.1) is 0 Å². The predicted octanol–water partition coefficient (Wildman–Crippen LogP) is 5.46. The molecule has 35 heavy (non-hydrogen) atoms. The van der Waals surface area contributed by atoms with E-state index in [2.05, 4.69) is 13.0 Å². The molecule has 0 saturated carbocycles. The largest absolute Gasteiger partial charge is 0.466 e. The molecule has 196 valence electrons. The lowest BCUT2D eigenvalue weighted by atomic mass is 9.90. The maximum atomic E-state index is 11.9. The summed E-state index contributed by atoms with van der Waals surface area (Å²) in [6.45, 7) is 6.85. The second-order valence-electron chi connectivity index (χ2n) is 8.51. The molecule has 0 heterocycles. The fourth-order valence-corrected chi connectivity index (χ4v) is 4.00. The molecule has 1 N–H and O–H groups in total. The van der Waals surface area contributed by atoms with E-state index in [4.69, 9.17) is 25.8 Å². The molecule has 0 spiro atoms. The van der Waals surface area contributed by atoms with Crippen LogP contribution in [-0.2, 0) is 28.6 Å². The Hall–Kier alpha value is -2.38. The first-order valence-corrected chi connectivity index (χ1v) is 12.6. The maximum absolute atomic E-state index is 11.9. The van der Waals surface area contributed by atoms with E-state index >= 15 is 0 Å². The first-order valence-electron chi connectivity index (χ1n) is 12.2. The zero-order valence-corrected chi connectivity index (χ0v) is 22.0. The minimum absolute atomic E-state index is 0.149. The molecule has 0 radical (unpaired) electrons. The molecule has 8 heteroatoms. The van der Waals surface area contributed by atoms with Crippen LogP contribution in [0.3, 0.4) is 0 Å². The standard InChI is InChI=1S/C27H39ClO7/c1-5-7-8-9-10-11-15-27(32)19-23(28)17-22(27)18-25(35-21(4)30)24(34-20(3)29)13-12-14-26(31)33-16-6-2/h7-8,10-11,18-19,24-25,32H,5-6,9,12-17H2,1-4H3. The van der Waals surface area contributed by atoms with Gasteiger partial charge >= 0.3 is 17.9 Å². The summed E-state index contributed by atoms with van der Waals surface area (Å²) < 4.78 is 16.0. The third kappa shape index (κ3) is 12.2. The van der Waals surface area contributed by atoms with Crippen molar-refractivity contribution in [2.24, 2.45) is 0 Å². The van der Waals surface area contributed by atoms with Gasteiger partial charge in [0.1, 0.15) is 11.7 Å². The average molecular weight is 511 g/mol. The Morgan fingerprint density at radius 2 is 1.80 bits per heavy atom. The monoisotopic (exact) mass is 510 g/mol. The van der Waals surface area contributed by atoms with E-state index in [9.17, 15) is 19.5 Å². The van der Waals surface area contributed by atoms with Crippen LogP contribution in [0, 0.1) is 0 Å². The summed E-state index contributed by atoms with van der Waals surface area (Å²) >= 11 is 6.27. The first kappa shape index (κ1) is 30.7. The lowest BCUT2D eigenvalue weighted by Gasteiger charge is -2.28. The number of allylic oxidation sites excluding steroid dienone is 4. The summed E-state index contributed by atoms with van der Waals surface area (Å²) in [5, 5.41) is 11.8. The van der Waals surface area contributed by atoms with Crippen molar-refractivity contribution in [1.29, 1.82) is 0 Å². The Morgan fingerprint density at radius 1 is 1.11 bits per heavy atom. The number of esters is 3. The zero-order valence-electron chi connectivity index (χ0n) is 21.3. The van der Waals surface area contributed by atoms with Crippen LogP contribution in [0.2, 0.25) is 0 Å². The average Bonchev–Trinajstić information content (AvgIpc) is 3.05. The summed E-state index contributed by atoms with van der Waals surface area (Å²) in [4.78, 5) is 35.5. The molecule has 0 bridgehead atoms. The highest BCUT2D eigenvalue weighted by Crippen LogP contribution is 2.39. The van der Waals surface area contributed by atoms with Crippen molar-refractivity contribution in [3.05, 3.63) is 47.1 Å². The normalized spacial score (nSPS) is 20.7. The van der Waals surface area contributed by atoms with Crippen molar-refractivity contribution in [2.45, 2.75) is 96.9 Å². The summed E-state index contributed by atoms with van der Waals surface area (Å²) in [5.74, 6) is -1.44. The van der Waals surface area contributed by atoms with E-state index in [1.165, 1.54) is 13.8 Å². The number of carbonyl (C=O) groups is 3. The maximum Gasteiger partial charge on any atom is 0.305 e. The van der Waals surface area contributed by atoms with Crippen LogP contribution >= 0.6 is 11.6 Å². The zero-order chi connectivity index (χ0) is 26.3. The molecular formula is C27H39ClO7. The molecule has 0 saturated heterocycles. The molecule has 7 nitrogen and oxygen atoms in total. The molecule has 0 aromatic carbocycles. The van der Waals surface area contributed by atoms with E-state index in [0.717, 1.165) is 19.3 Å². The van der Waals surface area contributed by atoms with Gasteiger partial charge in [0.15, 0.2) is 6.10 Å². The fourth-order valence-electron chi connectivity index (χ4n) is 3.68. The third-order valence-electron chi connectivity index (χ3n) is 5.27. The number of rotatable bonds is 15. The molecule has 3 atom stereocenters. The van der Waals surface area contributed by atoms with Gasteiger partial charge in [0, 0.05) is 38.1 Å². The van der Waals surface area contributed by atoms with Gasteiger partial charge in [0.05, 0.1) is 6.61 Å². The van der Waals surface area contributed by atoms with Crippen molar-refractivity contribution in [1.82, 2.24) is 0 Å². The van der Waals surface area contributed by atoms with Crippen LogP contribution < -0.4 is 0 Å². The first-order chi connectivity index (χ1) is 16.6. The number of carbonyl (C=O) groups excluding carboxylic acids is 3. The highest BCUT2D eigenvalue weighted by molar-refractivity contribution is 6.30. The van der Waals surface area contributed by atoms with Gasteiger partial charge in [-0.05, 0) is 49.8 Å². The molecule has 0 amide bonds. The number of halogens is 1. The second-order valence-corrected chi connectivity index (χ2v) is 9.00. The van der Waals surface area contributed by atoms with E-state index < -0.39 is 29.7 Å². The number of aliphatic hydroxyl groups is 1. The Bertz CT molecular complexity index is 827. The highest BCUT2D eigenvalue weighted by atomic mass is 35.5. The van der Waals surface area contributed by atoms with Crippen LogP contribution in [0.25, 0.3) is 0 Å². The van der Waals surface area contributed by atoms with Gasteiger partial charge in [-0.1, -0.05) is 49.8 Å². The van der Waals surface area contributed by atoms with Crippen LogP contribution in [0.1, 0.15) is 79.1 Å². The van der Waals surface area contributed by atoms with E-state index in [-0.39, 0.29) is 25.2 Å². The molecular weight excluding hydrogens is 472 g/mol. The van der Waals surface area contributed by atoms with Gasteiger partial charge < -0.3 is 19.3 Å². The molecule has 3 unspecified atom stereocenters. The quantitative estimate of drug-likeness (QED) is 0.177. The Balaban J connectivity index is 3.06. The van der Waals surface area contributed by atoms with Crippen LogP contribution in [0.15, 0.2) is 47.1 Å². The van der Waals surface area contributed by atoms with Crippen molar-refractivity contribution in [2.75, 3.05) is 6.61 Å². The van der Waals surface area contributed by atoms with Crippen LogP contribution in [-0.4, -0.2) is 47.4 Å². The van der Waals surface area contributed by atoms with E-state index in [1.54, 1.807) is 12.2 Å². The van der Waals surface area contributed by atoms with Crippen molar-refractivity contribution < 1.29 is 33.7 Å². The minimum Gasteiger partial charge on any atom is -0.466 e. The summed E-state index contributed by atoms with van der Waals surface area (Å²) in [7, 11) is 0. The molecule has 0 fully saturated rings. The second kappa shape index (κ2) is 16.3. The number of hydrogen-bond donors (Lipinski definition) is 1. The van der Waals surface area contributed by atoms with Gasteiger partial charge in [-0.25, -0.2) is 0 Å². The predicted molar refractivity (Wildman–Crippen MR) is 136 cm³/mol. The summed E-state index contributed by atoms with van der Waals surface area (Å²) in [5.41, 5.74) is -0.785. The Labute approximate surface area is 213 Å². The SMILES string of the molecule is CCC=CCC=CCC1(O)C=C(Cl)CC1=CC(OC(C)=O)C(CCCC(=O)OCCC)OC(C)=O. The van der Waals surface area contributed by atoms with Gasteiger partial charge in [-0.2, -0.15) is 0 Å². The Morgan fingerprint density at radius 3 is 2.43 bits per heavy atom. The van der Waals surface area contributed by atoms with Crippen molar-refractivity contribution >= 4 is 29.5 Å². The van der Waals surface area contributed by atoms with Gasteiger partial charge in [-0.3, -0.25) is 14.4 Å². The summed E-state index contributed by atoms with van der Waals surface area (Å²) in [6, 6.07) is 0. The number of ether oxygens (including phenoxy) is 3. The fraction of sp³-hybridized carbons (Fsp3) is 0.593. The van der Waals surface area contributed by atoms with Gasteiger partial charge in [0.2, 0.25) is 0 Å². The van der Waals surface area contributed by atoms with E-state index in [1.807, 2.05) is 25.2 Å². The van der Waals surface area contributed by atoms with Crippen molar-refractivity contribution in [3.8, 4) is 0 Å². The van der Waals surface area contributed by atoms with Crippen LogP contribution in [0.4, 0.5) is 0 Å². The molecule has 0 aromatic heterocycles. The molecule has 1 aliphatic rings. The Kier molecular flexibility index (Phi) is 14.3. The minimum atomic E-state index is -1.34. The number of hydrogen-bond acceptors (Lipinski definition) is 7. The highest BCUT2D eigenvalue weighted by Gasteiger charge is 2.36.